The minimum absolute atomic E-state index is 0.00930. The second-order valence-electron chi connectivity index (χ2n) is 7.76. The highest BCUT2D eigenvalue weighted by Crippen LogP contribution is 2.36. The number of carbonyl (C=O) groups excluding carboxylic acids is 1. The highest BCUT2D eigenvalue weighted by atomic mass is 32.2. The van der Waals surface area contributed by atoms with E-state index in [2.05, 4.69) is 5.32 Å². The Kier molecular flexibility index (Phi) is 6.84. The molecule has 1 aromatic rings. The van der Waals surface area contributed by atoms with Gasteiger partial charge in [0, 0.05) is 24.5 Å². The number of hydrogen-bond acceptors (Lipinski definition) is 8. The fourth-order valence-corrected chi connectivity index (χ4v) is 6.33. The van der Waals surface area contributed by atoms with Gasteiger partial charge < -0.3 is 19.5 Å². The van der Waals surface area contributed by atoms with E-state index in [0.717, 1.165) is 5.56 Å². The maximum absolute atomic E-state index is 13.6. The van der Waals surface area contributed by atoms with Crippen LogP contribution >= 0.6 is 12.2 Å². The molecule has 9 nitrogen and oxygen atoms in total. The number of amides is 1. The van der Waals surface area contributed by atoms with Crippen molar-refractivity contribution >= 4 is 33.0 Å². The number of hydroxylamine groups is 1. The maximum atomic E-state index is 13.6. The molecule has 4 rings (SSSR count). The Labute approximate surface area is 197 Å². The van der Waals surface area contributed by atoms with Crippen molar-refractivity contribution in [2.24, 2.45) is 0 Å². The van der Waals surface area contributed by atoms with E-state index in [1.165, 1.54) is 6.08 Å². The third kappa shape index (κ3) is 4.54. The topological polar surface area (TPSA) is 123 Å². The number of allylic oxidation sites excluding steroid dienone is 4. The lowest BCUT2D eigenvalue weighted by atomic mass is 9.99. The smallest absolute Gasteiger partial charge is 0.265 e. The molecule has 11 heteroatoms. The first kappa shape index (κ1) is 23.4. The Bertz CT molecular complexity index is 1150. The summed E-state index contributed by atoms with van der Waals surface area (Å²) in [6.45, 7) is 0.633. The summed E-state index contributed by atoms with van der Waals surface area (Å²) in [5.74, 6) is 0.317. The van der Waals surface area contributed by atoms with E-state index in [1.807, 2.05) is 6.07 Å². The van der Waals surface area contributed by atoms with E-state index < -0.39 is 20.5 Å². The number of sulfone groups is 1. The van der Waals surface area contributed by atoms with Crippen molar-refractivity contribution in [1.29, 1.82) is 0 Å². The fourth-order valence-electron chi connectivity index (χ4n) is 4.01. The van der Waals surface area contributed by atoms with Crippen LogP contribution in [-0.2, 0) is 19.4 Å². The van der Waals surface area contributed by atoms with Crippen molar-refractivity contribution < 1.29 is 32.6 Å². The molecule has 1 saturated heterocycles. The van der Waals surface area contributed by atoms with E-state index in [9.17, 15) is 18.4 Å². The molecule has 176 valence electrons. The van der Waals surface area contributed by atoms with E-state index in [-0.39, 0.29) is 31.1 Å². The number of hydrogen-bond donors (Lipinski definition) is 3. The standard InChI is InChI=1S/C22H24N2O7S2/c25-21(24-26)22(9-2-11-29-12-10-22)33(27,28)17-4-1-3-16(6-7-17)23-20(32)15-5-8-18-19(13-15)31-14-30-18/h3-8,13,26H,1-2,9-12,14H2,(H,23,32)(H,24,25). The summed E-state index contributed by atoms with van der Waals surface area (Å²) < 4.78 is 41.4. The first-order valence-corrected chi connectivity index (χ1v) is 12.3. The summed E-state index contributed by atoms with van der Waals surface area (Å²) in [5, 5.41) is 12.4. The van der Waals surface area contributed by atoms with Crippen LogP contribution in [0.25, 0.3) is 0 Å². The highest BCUT2D eigenvalue weighted by molar-refractivity contribution is 7.97. The lowest BCUT2D eigenvalue weighted by Crippen LogP contribution is -2.52. The molecule has 3 aliphatic rings. The average molecular weight is 493 g/mol. The van der Waals surface area contributed by atoms with Gasteiger partial charge in [-0.25, -0.2) is 13.9 Å². The van der Waals surface area contributed by atoms with Crippen LogP contribution < -0.4 is 20.3 Å². The van der Waals surface area contributed by atoms with Gasteiger partial charge >= 0.3 is 0 Å². The second-order valence-corrected chi connectivity index (χ2v) is 10.4. The van der Waals surface area contributed by atoms with Crippen LogP contribution in [0.4, 0.5) is 0 Å². The molecule has 1 unspecified atom stereocenters. The minimum atomic E-state index is -4.12. The van der Waals surface area contributed by atoms with Crippen LogP contribution in [0.15, 0.2) is 53.1 Å². The molecule has 0 saturated carbocycles. The number of nitrogens with one attached hydrogen (secondary N) is 2. The molecular weight excluding hydrogens is 468 g/mol. The molecule has 0 aromatic heterocycles. The lowest BCUT2D eigenvalue weighted by molar-refractivity contribution is -0.132. The molecule has 1 amide bonds. The first-order chi connectivity index (χ1) is 15.9. The number of benzene rings is 1. The van der Waals surface area contributed by atoms with E-state index in [1.54, 1.807) is 35.8 Å². The van der Waals surface area contributed by atoms with Crippen LogP contribution in [0.3, 0.4) is 0 Å². The van der Waals surface area contributed by atoms with E-state index in [4.69, 9.17) is 26.4 Å². The third-order valence-electron chi connectivity index (χ3n) is 5.84. The van der Waals surface area contributed by atoms with Gasteiger partial charge in [0.25, 0.3) is 5.91 Å². The summed E-state index contributed by atoms with van der Waals surface area (Å²) >= 11 is 5.49. The Hall–Kier alpha value is -2.73. The summed E-state index contributed by atoms with van der Waals surface area (Å²) in [5.41, 5.74) is 2.89. The average Bonchev–Trinajstić information content (AvgIpc) is 2.99. The van der Waals surface area contributed by atoms with Gasteiger partial charge in [0.05, 0.1) is 4.91 Å². The molecule has 1 atom stereocenters. The zero-order valence-electron chi connectivity index (χ0n) is 17.7. The summed E-state index contributed by atoms with van der Waals surface area (Å²) in [6.07, 6.45) is 7.10. The normalized spacial score (nSPS) is 22.5. The fraction of sp³-hybridized carbons (Fsp3) is 0.364. The van der Waals surface area contributed by atoms with Gasteiger partial charge in [-0.15, -0.1) is 0 Å². The zero-order chi connectivity index (χ0) is 23.5. The van der Waals surface area contributed by atoms with Gasteiger partial charge in [-0.2, -0.15) is 0 Å². The number of fused-ring (bicyclic) bond motifs is 1. The number of rotatable bonds is 5. The Morgan fingerprint density at radius 2 is 1.91 bits per heavy atom. The molecule has 33 heavy (non-hydrogen) atoms. The molecule has 0 spiro atoms. The molecular formula is C22H24N2O7S2. The SMILES string of the molecule is O=C(NO)C1(S(=O)(=O)C2=CCC=C(NC(=S)c3ccc4c(c3)OCO4)C=C2)CCCOCC1. The van der Waals surface area contributed by atoms with Crippen molar-refractivity contribution in [3.8, 4) is 11.5 Å². The van der Waals surface area contributed by atoms with Gasteiger partial charge in [-0.3, -0.25) is 10.0 Å². The van der Waals surface area contributed by atoms with Crippen LogP contribution in [0.5, 0.6) is 11.5 Å². The monoisotopic (exact) mass is 492 g/mol. The molecule has 0 bridgehead atoms. The molecule has 2 heterocycles. The number of carbonyl (C=O) groups is 1. The molecule has 1 fully saturated rings. The summed E-state index contributed by atoms with van der Waals surface area (Å²) in [4.78, 5) is 13.0. The van der Waals surface area contributed by atoms with E-state index >= 15 is 0 Å². The van der Waals surface area contributed by atoms with Gasteiger partial charge in [0.1, 0.15) is 4.99 Å². The van der Waals surface area contributed by atoms with Gasteiger partial charge in [-0.05, 0) is 56.0 Å². The molecule has 3 N–H and O–H groups in total. The van der Waals surface area contributed by atoms with Crippen LogP contribution in [0.2, 0.25) is 0 Å². The highest BCUT2D eigenvalue weighted by Gasteiger charge is 2.51. The van der Waals surface area contributed by atoms with Crippen LogP contribution in [-0.4, -0.2) is 49.3 Å². The van der Waals surface area contributed by atoms with Crippen LogP contribution in [0, 0.1) is 0 Å². The molecule has 2 aliphatic heterocycles. The largest absolute Gasteiger partial charge is 0.454 e. The Balaban J connectivity index is 1.53. The molecule has 1 aliphatic carbocycles. The van der Waals surface area contributed by atoms with E-state index in [0.29, 0.717) is 41.6 Å². The van der Waals surface area contributed by atoms with Gasteiger partial charge in [0.2, 0.25) is 6.79 Å². The minimum Gasteiger partial charge on any atom is -0.454 e. The third-order valence-corrected chi connectivity index (χ3v) is 8.72. The second kappa shape index (κ2) is 9.64. The number of ether oxygens (including phenoxy) is 3. The summed E-state index contributed by atoms with van der Waals surface area (Å²) in [7, 11) is -4.12. The molecule has 1 aromatic carbocycles. The van der Waals surface area contributed by atoms with Crippen molar-refractivity contribution in [1.82, 2.24) is 10.8 Å². The number of thiocarbonyl (C=S) groups is 1. The Morgan fingerprint density at radius 1 is 1.09 bits per heavy atom. The molecule has 0 radical (unpaired) electrons. The first-order valence-electron chi connectivity index (χ1n) is 10.4. The van der Waals surface area contributed by atoms with Crippen LogP contribution in [0.1, 0.15) is 31.2 Å². The predicted octanol–water partition coefficient (Wildman–Crippen LogP) is 2.27. The maximum Gasteiger partial charge on any atom is 0.265 e. The quantitative estimate of drug-likeness (QED) is 0.323. The lowest BCUT2D eigenvalue weighted by Gasteiger charge is -2.29. The van der Waals surface area contributed by atoms with Gasteiger partial charge in [-0.1, -0.05) is 24.4 Å². The zero-order valence-corrected chi connectivity index (χ0v) is 19.3. The van der Waals surface area contributed by atoms with Crippen molar-refractivity contribution in [3.05, 3.63) is 58.7 Å². The predicted molar refractivity (Wildman–Crippen MR) is 124 cm³/mol. The van der Waals surface area contributed by atoms with Gasteiger partial charge in [0.15, 0.2) is 26.1 Å². The van der Waals surface area contributed by atoms with Crippen molar-refractivity contribution in [2.75, 3.05) is 20.0 Å². The van der Waals surface area contributed by atoms with Crippen molar-refractivity contribution in [2.45, 2.75) is 30.4 Å². The summed E-state index contributed by atoms with van der Waals surface area (Å²) in [6, 6.07) is 5.36. The Morgan fingerprint density at radius 3 is 2.73 bits per heavy atom. The van der Waals surface area contributed by atoms with Crippen molar-refractivity contribution in [3.63, 3.8) is 0 Å².